The van der Waals surface area contributed by atoms with Gasteiger partial charge < -0.3 is 0 Å². The number of hydrogen-bond acceptors (Lipinski definition) is 2. The van der Waals surface area contributed by atoms with Crippen LogP contribution in [0.2, 0.25) is 0 Å². The second-order valence-corrected chi connectivity index (χ2v) is 6.66. The van der Waals surface area contributed by atoms with E-state index in [1.807, 2.05) is 30.3 Å². The molecule has 1 rings (SSSR count). The fraction of sp³-hybridized carbons (Fsp3) is 0.538. The molecule has 0 saturated carbocycles. The van der Waals surface area contributed by atoms with Gasteiger partial charge in [-0.05, 0) is 24.8 Å². The predicted molar refractivity (Wildman–Crippen MR) is 71.2 cm³/mol. The van der Waals surface area contributed by atoms with Crippen molar-refractivity contribution in [2.45, 2.75) is 33.2 Å². The van der Waals surface area contributed by atoms with Crippen molar-refractivity contribution in [3.05, 3.63) is 35.9 Å². The normalized spacial score (nSPS) is 13.9. The Labute approximate surface area is 104 Å². The fourth-order valence-electron chi connectivity index (χ4n) is 1.71. The van der Waals surface area contributed by atoms with Crippen LogP contribution >= 0.6 is 0 Å². The lowest BCUT2D eigenvalue weighted by molar-refractivity contribution is 0.472. The molecule has 0 fully saturated rings. The van der Waals surface area contributed by atoms with Gasteiger partial charge >= 0.3 is 0 Å². The maximum atomic E-state index is 11.7. The molecule has 0 aliphatic heterocycles. The van der Waals surface area contributed by atoms with Crippen LogP contribution in [0.4, 0.5) is 0 Å². The van der Waals surface area contributed by atoms with Crippen LogP contribution < -0.4 is 4.72 Å². The van der Waals surface area contributed by atoms with Crippen LogP contribution in [0.3, 0.4) is 0 Å². The van der Waals surface area contributed by atoms with Gasteiger partial charge in [-0.15, -0.1) is 0 Å². The molecule has 0 amide bonds. The molecule has 1 aromatic rings. The Morgan fingerprint density at radius 3 is 2.24 bits per heavy atom. The van der Waals surface area contributed by atoms with E-state index in [9.17, 15) is 8.42 Å². The minimum atomic E-state index is -3.16. The minimum Gasteiger partial charge on any atom is -0.212 e. The average molecular weight is 255 g/mol. The molecule has 0 aliphatic carbocycles. The van der Waals surface area contributed by atoms with Crippen molar-refractivity contribution in [1.29, 1.82) is 0 Å². The molecule has 0 radical (unpaired) electrons. The van der Waals surface area contributed by atoms with Crippen LogP contribution in [0, 0.1) is 5.92 Å². The van der Waals surface area contributed by atoms with Crippen molar-refractivity contribution in [3.8, 4) is 0 Å². The Morgan fingerprint density at radius 2 is 1.76 bits per heavy atom. The zero-order valence-corrected chi connectivity index (χ0v) is 11.5. The Hall–Kier alpha value is -0.870. The zero-order chi connectivity index (χ0) is 12.9. The Morgan fingerprint density at radius 1 is 1.18 bits per heavy atom. The van der Waals surface area contributed by atoms with Crippen molar-refractivity contribution in [2.75, 3.05) is 5.75 Å². The van der Waals surface area contributed by atoms with Gasteiger partial charge in [0.1, 0.15) is 0 Å². The lowest BCUT2D eigenvalue weighted by Crippen LogP contribution is -2.30. The first-order valence-corrected chi connectivity index (χ1v) is 7.64. The molecule has 0 spiro atoms. The molecule has 0 bridgehead atoms. The van der Waals surface area contributed by atoms with Gasteiger partial charge in [0.2, 0.25) is 10.0 Å². The van der Waals surface area contributed by atoms with Gasteiger partial charge in [0.05, 0.1) is 5.75 Å². The first-order chi connectivity index (χ1) is 7.94. The third-order valence-corrected chi connectivity index (χ3v) is 4.01. The summed E-state index contributed by atoms with van der Waals surface area (Å²) in [5, 5.41) is 0. The van der Waals surface area contributed by atoms with Gasteiger partial charge in [-0.25, -0.2) is 13.1 Å². The number of rotatable bonds is 6. The van der Waals surface area contributed by atoms with E-state index in [1.54, 1.807) is 6.92 Å². The summed E-state index contributed by atoms with van der Waals surface area (Å²) in [7, 11) is -3.16. The topological polar surface area (TPSA) is 46.2 Å². The van der Waals surface area contributed by atoms with E-state index in [4.69, 9.17) is 0 Å². The van der Waals surface area contributed by atoms with Gasteiger partial charge in [0, 0.05) is 6.04 Å². The second-order valence-electron chi connectivity index (χ2n) is 4.61. The molecule has 1 aromatic carbocycles. The molecule has 1 N–H and O–H groups in total. The summed E-state index contributed by atoms with van der Waals surface area (Å²) < 4.78 is 26.1. The highest BCUT2D eigenvalue weighted by Crippen LogP contribution is 2.21. The van der Waals surface area contributed by atoms with Gasteiger partial charge in [0.15, 0.2) is 0 Å². The third-order valence-electron chi connectivity index (χ3n) is 2.61. The molecule has 0 unspecified atom stereocenters. The van der Waals surface area contributed by atoms with E-state index < -0.39 is 10.0 Å². The lowest BCUT2D eigenvalue weighted by atomic mass is 9.98. The molecule has 1 atom stereocenters. The summed E-state index contributed by atoms with van der Waals surface area (Å²) in [5.41, 5.74) is 1.03. The molecule has 96 valence electrons. The maximum absolute atomic E-state index is 11.7. The Kier molecular flexibility index (Phi) is 5.15. The van der Waals surface area contributed by atoms with Crippen molar-refractivity contribution in [1.82, 2.24) is 4.72 Å². The molecule has 0 aromatic heterocycles. The van der Waals surface area contributed by atoms with Crippen molar-refractivity contribution in [2.24, 2.45) is 5.92 Å². The van der Waals surface area contributed by atoms with Crippen molar-refractivity contribution in [3.63, 3.8) is 0 Å². The van der Waals surface area contributed by atoms with Crippen LogP contribution in [0.1, 0.15) is 38.8 Å². The first-order valence-electron chi connectivity index (χ1n) is 5.99. The largest absolute Gasteiger partial charge is 0.212 e. The Balaban J connectivity index is 2.89. The van der Waals surface area contributed by atoms with E-state index in [-0.39, 0.29) is 11.8 Å². The molecule has 0 aliphatic rings. The second kappa shape index (κ2) is 6.17. The summed E-state index contributed by atoms with van der Waals surface area (Å²) in [6, 6.07) is 9.60. The molecule has 0 saturated heterocycles. The summed E-state index contributed by atoms with van der Waals surface area (Å²) in [5.74, 6) is 0.564. The molecular formula is C13H21NO2S. The van der Waals surface area contributed by atoms with Crippen LogP contribution in [-0.2, 0) is 10.0 Å². The van der Waals surface area contributed by atoms with E-state index in [2.05, 4.69) is 18.6 Å². The zero-order valence-electron chi connectivity index (χ0n) is 10.7. The van der Waals surface area contributed by atoms with Crippen LogP contribution in [0.25, 0.3) is 0 Å². The standard InChI is InChI=1S/C13H21NO2S/c1-4-17(15,16)14-13(10-11(2)3)12-8-6-5-7-9-12/h5-9,11,13-14H,4,10H2,1-3H3/t13-/m0/s1. The quantitative estimate of drug-likeness (QED) is 0.849. The maximum Gasteiger partial charge on any atom is 0.211 e. The number of nitrogens with one attached hydrogen (secondary N) is 1. The summed E-state index contributed by atoms with van der Waals surface area (Å²) in [6.45, 7) is 5.84. The average Bonchev–Trinajstić information content (AvgIpc) is 2.28. The smallest absolute Gasteiger partial charge is 0.211 e. The predicted octanol–water partition coefficient (Wildman–Crippen LogP) is 2.71. The number of hydrogen-bond donors (Lipinski definition) is 1. The van der Waals surface area contributed by atoms with Gasteiger partial charge in [-0.2, -0.15) is 0 Å². The highest BCUT2D eigenvalue weighted by atomic mass is 32.2. The third kappa shape index (κ3) is 4.88. The number of sulfonamides is 1. The van der Waals surface area contributed by atoms with Crippen LogP contribution in [0.15, 0.2) is 30.3 Å². The first kappa shape index (κ1) is 14.2. The van der Waals surface area contributed by atoms with Crippen molar-refractivity contribution >= 4 is 10.0 Å². The van der Waals surface area contributed by atoms with Gasteiger partial charge in [0.25, 0.3) is 0 Å². The minimum absolute atomic E-state index is 0.119. The Bertz CT molecular complexity index is 426. The summed E-state index contributed by atoms with van der Waals surface area (Å²) in [4.78, 5) is 0. The van der Waals surface area contributed by atoms with E-state index in [1.165, 1.54) is 0 Å². The van der Waals surface area contributed by atoms with Gasteiger partial charge in [-0.3, -0.25) is 0 Å². The van der Waals surface area contributed by atoms with E-state index in [0.29, 0.717) is 5.92 Å². The lowest BCUT2D eigenvalue weighted by Gasteiger charge is -2.20. The molecule has 0 heterocycles. The molecule has 17 heavy (non-hydrogen) atoms. The molecule has 4 heteroatoms. The van der Waals surface area contributed by atoms with Gasteiger partial charge in [-0.1, -0.05) is 44.2 Å². The molecular weight excluding hydrogens is 234 g/mol. The summed E-state index contributed by atoms with van der Waals surface area (Å²) in [6.07, 6.45) is 0.809. The SMILES string of the molecule is CCS(=O)(=O)N[C@@H](CC(C)C)c1ccccc1. The summed E-state index contributed by atoms with van der Waals surface area (Å²) >= 11 is 0. The monoisotopic (exact) mass is 255 g/mol. The highest BCUT2D eigenvalue weighted by Gasteiger charge is 2.18. The van der Waals surface area contributed by atoms with E-state index in [0.717, 1.165) is 12.0 Å². The van der Waals surface area contributed by atoms with Crippen molar-refractivity contribution < 1.29 is 8.42 Å². The van der Waals surface area contributed by atoms with Crippen LogP contribution in [-0.4, -0.2) is 14.2 Å². The van der Waals surface area contributed by atoms with E-state index >= 15 is 0 Å². The number of benzene rings is 1. The fourth-order valence-corrected chi connectivity index (χ4v) is 2.54. The highest BCUT2D eigenvalue weighted by molar-refractivity contribution is 7.89. The molecule has 3 nitrogen and oxygen atoms in total. The van der Waals surface area contributed by atoms with Crippen LogP contribution in [0.5, 0.6) is 0 Å².